The number of rotatable bonds is 3. The number of hydrogen-bond acceptors (Lipinski definition) is 4. The first-order valence-electron chi connectivity index (χ1n) is 6.13. The minimum Gasteiger partial charge on any atom is -0.398 e. The largest absolute Gasteiger partial charge is 0.398 e. The second kappa shape index (κ2) is 6.25. The Morgan fingerprint density at radius 1 is 1.63 bits per heavy atom. The zero-order chi connectivity index (χ0) is 13.8. The predicted molar refractivity (Wildman–Crippen MR) is 73.5 cm³/mol. The molecule has 1 unspecified atom stereocenters. The lowest BCUT2D eigenvalue weighted by molar-refractivity contribution is -0.135. The number of anilines is 1. The van der Waals surface area contributed by atoms with Crippen molar-refractivity contribution >= 4 is 23.4 Å². The van der Waals surface area contributed by atoms with Crippen molar-refractivity contribution in [1.82, 2.24) is 4.90 Å². The number of ether oxygens (including phenoxy) is 1. The first-order valence-corrected chi connectivity index (χ1v) is 7.12. The van der Waals surface area contributed by atoms with Crippen LogP contribution in [0.5, 0.6) is 0 Å². The van der Waals surface area contributed by atoms with Crippen LogP contribution in [0.1, 0.15) is 6.92 Å². The summed E-state index contributed by atoms with van der Waals surface area (Å²) in [6, 6.07) is 4.22. The molecule has 0 radical (unpaired) electrons. The predicted octanol–water partition coefficient (Wildman–Crippen LogP) is 1.75. The van der Waals surface area contributed by atoms with Crippen molar-refractivity contribution in [2.24, 2.45) is 0 Å². The van der Waals surface area contributed by atoms with E-state index >= 15 is 0 Å². The van der Waals surface area contributed by atoms with E-state index in [0.717, 1.165) is 4.90 Å². The van der Waals surface area contributed by atoms with E-state index in [1.54, 1.807) is 11.0 Å². The normalized spacial score (nSPS) is 19.5. The molecule has 1 aliphatic heterocycles. The summed E-state index contributed by atoms with van der Waals surface area (Å²) in [5, 5.41) is 0. The molecule has 6 heteroatoms. The summed E-state index contributed by atoms with van der Waals surface area (Å²) < 4.78 is 18.3. The molecule has 1 amide bonds. The van der Waals surface area contributed by atoms with Gasteiger partial charge in [0.2, 0.25) is 5.91 Å². The van der Waals surface area contributed by atoms with Crippen LogP contribution in [-0.2, 0) is 9.53 Å². The Hall–Kier alpha value is -1.27. The molecule has 2 rings (SSSR count). The smallest absolute Gasteiger partial charge is 0.233 e. The molecule has 0 aromatic heterocycles. The van der Waals surface area contributed by atoms with E-state index in [9.17, 15) is 9.18 Å². The molecule has 0 aliphatic carbocycles. The van der Waals surface area contributed by atoms with Crippen LogP contribution in [0.3, 0.4) is 0 Å². The van der Waals surface area contributed by atoms with Gasteiger partial charge in [0.15, 0.2) is 0 Å². The summed E-state index contributed by atoms with van der Waals surface area (Å²) in [4.78, 5) is 14.6. The van der Waals surface area contributed by atoms with E-state index in [1.807, 2.05) is 6.92 Å². The van der Waals surface area contributed by atoms with Gasteiger partial charge in [-0.3, -0.25) is 4.79 Å². The Morgan fingerprint density at radius 3 is 3.11 bits per heavy atom. The topological polar surface area (TPSA) is 55.6 Å². The maximum Gasteiger partial charge on any atom is 0.233 e. The lowest BCUT2D eigenvalue weighted by atomic mass is 10.3. The van der Waals surface area contributed by atoms with Crippen LogP contribution >= 0.6 is 11.8 Å². The third kappa shape index (κ3) is 3.84. The molecule has 0 saturated carbocycles. The number of carbonyl (C=O) groups excluding carboxylic acids is 1. The SMILES string of the molecule is CC1CN(C(=O)CSc2ccc(F)cc2N)CCO1. The molecule has 0 spiro atoms. The van der Waals surface area contributed by atoms with E-state index in [0.29, 0.717) is 31.1 Å². The fraction of sp³-hybridized carbons (Fsp3) is 0.462. The third-order valence-corrected chi connectivity index (χ3v) is 3.99. The molecule has 1 aromatic rings. The Labute approximate surface area is 116 Å². The molecule has 0 bridgehead atoms. The van der Waals surface area contributed by atoms with Gasteiger partial charge in [0.1, 0.15) is 5.82 Å². The fourth-order valence-corrected chi connectivity index (χ4v) is 2.78. The molecule has 1 atom stereocenters. The monoisotopic (exact) mass is 284 g/mol. The van der Waals surface area contributed by atoms with Gasteiger partial charge in [-0.1, -0.05) is 0 Å². The first kappa shape index (κ1) is 14.1. The number of thioether (sulfide) groups is 1. The van der Waals surface area contributed by atoms with Crippen LogP contribution < -0.4 is 5.73 Å². The number of halogens is 1. The van der Waals surface area contributed by atoms with Gasteiger partial charge in [0.25, 0.3) is 0 Å². The summed E-state index contributed by atoms with van der Waals surface area (Å²) in [7, 11) is 0. The van der Waals surface area contributed by atoms with Crippen LogP contribution in [0.15, 0.2) is 23.1 Å². The highest BCUT2D eigenvalue weighted by Crippen LogP contribution is 2.25. The van der Waals surface area contributed by atoms with Crippen molar-refractivity contribution in [3.63, 3.8) is 0 Å². The quantitative estimate of drug-likeness (QED) is 0.678. The highest BCUT2D eigenvalue weighted by molar-refractivity contribution is 8.00. The molecule has 2 N–H and O–H groups in total. The lowest BCUT2D eigenvalue weighted by Crippen LogP contribution is -2.45. The Morgan fingerprint density at radius 2 is 2.42 bits per heavy atom. The van der Waals surface area contributed by atoms with E-state index in [2.05, 4.69) is 0 Å². The molecule has 19 heavy (non-hydrogen) atoms. The van der Waals surface area contributed by atoms with Crippen LogP contribution in [-0.4, -0.2) is 42.4 Å². The molecular weight excluding hydrogens is 267 g/mol. The molecule has 104 valence electrons. The molecular formula is C13H17FN2O2S. The minimum atomic E-state index is -0.366. The molecule has 1 saturated heterocycles. The average Bonchev–Trinajstić information content (AvgIpc) is 2.37. The van der Waals surface area contributed by atoms with E-state index < -0.39 is 0 Å². The number of nitrogen functional groups attached to an aromatic ring is 1. The maximum absolute atomic E-state index is 12.9. The van der Waals surface area contributed by atoms with Gasteiger partial charge in [0, 0.05) is 23.7 Å². The zero-order valence-electron chi connectivity index (χ0n) is 10.8. The van der Waals surface area contributed by atoms with Gasteiger partial charge in [-0.15, -0.1) is 11.8 Å². The lowest BCUT2D eigenvalue weighted by Gasteiger charge is -2.31. The summed E-state index contributed by atoms with van der Waals surface area (Å²) >= 11 is 1.34. The van der Waals surface area contributed by atoms with Crippen LogP contribution in [0.2, 0.25) is 0 Å². The fourth-order valence-electron chi connectivity index (χ4n) is 1.93. The standard InChI is InChI=1S/C13H17FN2O2S/c1-9-7-16(4-5-18-9)13(17)8-19-12-3-2-10(14)6-11(12)15/h2-3,6,9H,4-5,7-8,15H2,1H3. The summed E-state index contributed by atoms with van der Waals surface area (Å²) in [6.45, 7) is 3.78. The van der Waals surface area contributed by atoms with Crippen molar-refractivity contribution in [3.8, 4) is 0 Å². The van der Waals surface area contributed by atoms with Crippen molar-refractivity contribution < 1.29 is 13.9 Å². The molecule has 1 aliphatic rings. The van der Waals surface area contributed by atoms with Crippen molar-refractivity contribution in [1.29, 1.82) is 0 Å². The number of carbonyl (C=O) groups is 1. The highest BCUT2D eigenvalue weighted by atomic mass is 32.2. The van der Waals surface area contributed by atoms with Crippen LogP contribution in [0.4, 0.5) is 10.1 Å². The summed E-state index contributed by atoms with van der Waals surface area (Å²) in [6.07, 6.45) is 0.0820. The van der Waals surface area contributed by atoms with Crippen LogP contribution in [0.25, 0.3) is 0 Å². The molecule has 4 nitrogen and oxygen atoms in total. The Bertz CT molecular complexity index is 470. The van der Waals surface area contributed by atoms with Crippen molar-refractivity contribution in [3.05, 3.63) is 24.0 Å². The Balaban J connectivity index is 1.89. The minimum absolute atomic E-state index is 0.0591. The zero-order valence-corrected chi connectivity index (χ0v) is 11.6. The first-order chi connectivity index (χ1) is 9.06. The van der Waals surface area contributed by atoms with Gasteiger partial charge < -0.3 is 15.4 Å². The van der Waals surface area contributed by atoms with Gasteiger partial charge in [0.05, 0.1) is 18.5 Å². The molecule has 1 fully saturated rings. The van der Waals surface area contributed by atoms with Gasteiger partial charge in [-0.25, -0.2) is 4.39 Å². The summed E-state index contributed by atoms with van der Waals surface area (Å²) in [5.41, 5.74) is 6.07. The van der Waals surface area contributed by atoms with Gasteiger partial charge in [-0.05, 0) is 25.1 Å². The molecule has 1 heterocycles. The van der Waals surface area contributed by atoms with Crippen molar-refractivity contribution in [2.75, 3.05) is 31.2 Å². The third-order valence-electron chi connectivity index (χ3n) is 2.92. The number of morpholine rings is 1. The highest BCUT2D eigenvalue weighted by Gasteiger charge is 2.21. The maximum atomic E-state index is 12.9. The molecule has 1 aromatic carbocycles. The van der Waals surface area contributed by atoms with E-state index in [4.69, 9.17) is 10.5 Å². The summed E-state index contributed by atoms with van der Waals surface area (Å²) in [5.74, 6) is 0.00166. The van der Waals surface area contributed by atoms with Crippen LogP contribution in [0, 0.1) is 5.82 Å². The number of nitrogens with two attached hydrogens (primary N) is 1. The second-order valence-corrected chi connectivity index (χ2v) is 5.51. The van der Waals surface area contributed by atoms with Gasteiger partial charge >= 0.3 is 0 Å². The van der Waals surface area contributed by atoms with E-state index in [1.165, 1.54) is 23.9 Å². The number of nitrogens with zero attached hydrogens (tertiary/aromatic N) is 1. The van der Waals surface area contributed by atoms with Gasteiger partial charge in [-0.2, -0.15) is 0 Å². The second-order valence-electron chi connectivity index (χ2n) is 4.49. The van der Waals surface area contributed by atoms with E-state index in [-0.39, 0.29) is 17.8 Å². The van der Waals surface area contributed by atoms with Crippen molar-refractivity contribution in [2.45, 2.75) is 17.9 Å². The number of amides is 1. The Kier molecular flexibility index (Phi) is 4.66. The number of benzene rings is 1. The number of hydrogen-bond donors (Lipinski definition) is 1. The average molecular weight is 284 g/mol.